The number of nitrogens with two attached hydrogens (primary N) is 1. The first-order valence-electron chi connectivity index (χ1n) is 15.7. The maximum Gasteiger partial charge on any atom is 0.269 e. The van der Waals surface area contributed by atoms with E-state index in [-0.39, 0.29) is 24.4 Å². The summed E-state index contributed by atoms with van der Waals surface area (Å²) in [6.07, 6.45) is 0. The number of rotatable bonds is 9. The van der Waals surface area contributed by atoms with E-state index in [2.05, 4.69) is 43.9 Å². The molecule has 6 rings (SSSR count). The van der Waals surface area contributed by atoms with Crippen molar-refractivity contribution in [3.8, 4) is 0 Å². The standard InChI is InChI=1S/C18H20FN3O2.C18H22FN3/c19-12-18-14-21(16-6-8-17(9-7-16)22(23)24)11-10-20(18)13-15-4-2-1-3-5-15;19-12-18-14-22(17-8-6-16(20)7-9-17)11-10-21(18)13-15-4-2-1-3-5-15/h1-9,18H,10-14H2;1-9,18H,10-14,20H2. The molecule has 242 valence electrons. The lowest BCUT2D eigenvalue weighted by atomic mass is 10.1. The number of nitrogen functional groups attached to an aromatic ring is 1. The third-order valence-electron chi connectivity index (χ3n) is 8.71. The van der Waals surface area contributed by atoms with Gasteiger partial charge in [0.15, 0.2) is 0 Å². The first kappa shape index (κ1) is 32.8. The zero-order valence-electron chi connectivity index (χ0n) is 26.0. The van der Waals surface area contributed by atoms with E-state index in [1.807, 2.05) is 60.7 Å². The highest BCUT2D eigenvalue weighted by Crippen LogP contribution is 2.24. The second-order valence-electron chi connectivity index (χ2n) is 11.8. The minimum atomic E-state index is -0.411. The molecule has 2 heterocycles. The molecular formula is C36H42F2N6O2. The van der Waals surface area contributed by atoms with Gasteiger partial charge in [0, 0.05) is 81.6 Å². The molecule has 2 saturated heterocycles. The van der Waals surface area contributed by atoms with E-state index < -0.39 is 11.6 Å². The van der Waals surface area contributed by atoms with Crippen molar-refractivity contribution in [2.24, 2.45) is 0 Å². The van der Waals surface area contributed by atoms with E-state index in [1.165, 1.54) is 23.3 Å². The molecule has 0 saturated carbocycles. The molecule has 2 atom stereocenters. The fourth-order valence-corrected chi connectivity index (χ4v) is 6.07. The van der Waals surface area contributed by atoms with E-state index in [9.17, 15) is 18.9 Å². The van der Waals surface area contributed by atoms with Crippen molar-refractivity contribution in [2.75, 3.05) is 68.2 Å². The summed E-state index contributed by atoms with van der Waals surface area (Å²) >= 11 is 0. The Hall–Kier alpha value is -4.54. The Morgan fingerprint density at radius 3 is 1.43 bits per heavy atom. The summed E-state index contributed by atoms with van der Waals surface area (Å²) in [5, 5.41) is 10.7. The zero-order valence-corrected chi connectivity index (χ0v) is 26.0. The van der Waals surface area contributed by atoms with Gasteiger partial charge in [-0.1, -0.05) is 60.7 Å². The Kier molecular flexibility index (Phi) is 11.5. The van der Waals surface area contributed by atoms with Crippen LogP contribution in [0.1, 0.15) is 11.1 Å². The highest BCUT2D eigenvalue weighted by molar-refractivity contribution is 5.54. The SMILES string of the molecule is Nc1ccc(N2CCN(Cc3ccccc3)C(CF)C2)cc1.O=[N+]([O-])c1ccc(N2CCN(Cc3ccccc3)C(CF)C2)cc1. The van der Waals surface area contributed by atoms with Gasteiger partial charge in [0.2, 0.25) is 0 Å². The van der Waals surface area contributed by atoms with Crippen LogP contribution in [-0.2, 0) is 13.1 Å². The van der Waals surface area contributed by atoms with Crippen LogP contribution in [0.2, 0.25) is 0 Å². The van der Waals surface area contributed by atoms with Crippen LogP contribution in [0.5, 0.6) is 0 Å². The highest BCUT2D eigenvalue weighted by atomic mass is 19.1. The molecule has 46 heavy (non-hydrogen) atoms. The van der Waals surface area contributed by atoms with E-state index in [0.717, 1.165) is 56.3 Å². The van der Waals surface area contributed by atoms with Gasteiger partial charge < -0.3 is 15.5 Å². The minimum absolute atomic E-state index is 0.0634. The topological polar surface area (TPSA) is 82.1 Å². The smallest absolute Gasteiger partial charge is 0.269 e. The van der Waals surface area contributed by atoms with Crippen LogP contribution in [0.25, 0.3) is 0 Å². The Balaban J connectivity index is 0.000000182. The molecule has 2 fully saturated rings. The van der Waals surface area contributed by atoms with E-state index in [4.69, 9.17) is 5.73 Å². The van der Waals surface area contributed by atoms with Gasteiger partial charge in [0.1, 0.15) is 13.3 Å². The van der Waals surface area contributed by atoms with Crippen LogP contribution < -0.4 is 15.5 Å². The summed E-state index contributed by atoms with van der Waals surface area (Å²) in [5.41, 5.74) is 11.0. The lowest BCUT2D eigenvalue weighted by Gasteiger charge is -2.41. The molecular weight excluding hydrogens is 586 g/mol. The first-order valence-corrected chi connectivity index (χ1v) is 15.7. The molecule has 10 heteroatoms. The molecule has 2 N–H and O–H groups in total. The molecule has 4 aromatic carbocycles. The molecule has 0 spiro atoms. The molecule has 2 aliphatic rings. The average molecular weight is 629 g/mol. The van der Waals surface area contributed by atoms with Crippen molar-refractivity contribution in [1.29, 1.82) is 0 Å². The monoisotopic (exact) mass is 628 g/mol. The number of nitrogens with zero attached hydrogens (tertiary/aromatic N) is 5. The number of benzene rings is 4. The summed E-state index contributed by atoms with van der Waals surface area (Å²) in [6.45, 7) is 5.44. The molecule has 8 nitrogen and oxygen atoms in total. The van der Waals surface area contributed by atoms with Gasteiger partial charge in [-0.3, -0.25) is 19.9 Å². The molecule has 4 aromatic rings. The number of alkyl halides is 2. The number of non-ortho nitro benzene ring substituents is 1. The molecule has 0 aliphatic carbocycles. The number of hydrogen-bond donors (Lipinski definition) is 1. The maximum absolute atomic E-state index is 13.5. The van der Waals surface area contributed by atoms with Crippen LogP contribution in [0, 0.1) is 10.1 Å². The van der Waals surface area contributed by atoms with Gasteiger partial charge in [0.25, 0.3) is 5.69 Å². The number of hydrogen-bond acceptors (Lipinski definition) is 7. The Bertz CT molecular complexity index is 1490. The predicted molar refractivity (Wildman–Crippen MR) is 182 cm³/mol. The second-order valence-corrected chi connectivity index (χ2v) is 11.8. The summed E-state index contributed by atoms with van der Waals surface area (Å²) in [6, 6.07) is 34.4. The van der Waals surface area contributed by atoms with Crippen molar-refractivity contribution in [3.05, 3.63) is 130 Å². The largest absolute Gasteiger partial charge is 0.399 e. The predicted octanol–water partition coefficient (Wildman–Crippen LogP) is 6.18. The fraction of sp³-hybridized carbons (Fsp3) is 0.333. The third kappa shape index (κ3) is 8.80. The van der Waals surface area contributed by atoms with Crippen molar-refractivity contribution in [2.45, 2.75) is 25.2 Å². The van der Waals surface area contributed by atoms with Gasteiger partial charge in [-0.2, -0.15) is 0 Å². The van der Waals surface area contributed by atoms with Crippen molar-refractivity contribution >= 4 is 22.7 Å². The van der Waals surface area contributed by atoms with Gasteiger partial charge in [0.05, 0.1) is 17.0 Å². The van der Waals surface area contributed by atoms with E-state index >= 15 is 0 Å². The normalized spacial score (nSPS) is 18.9. The number of halogens is 2. The van der Waals surface area contributed by atoms with Crippen LogP contribution in [0.3, 0.4) is 0 Å². The van der Waals surface area contributed by atoms with Crippen LogP contribution in [0.15, 0.2) is 109 Å². The van der Waals surface area contributed by atoms with Gasteiger partial charge >= 0.3 is 0 Å². The van der Waals surface area contributed by atoms with E-state index in [0.29, 0.717) is 13.1 Å². The molecule has 0 aromatic heterocycles. The Labute approximate surface area is 269 Å². The summed E-state index contributed by atoms with van der Waals surface area (Å²) in [4.78, 5) is 19.1. The summed E-state index contributed by atoms with van der Waals surface area (Å²) in [5.74, 6) is 0. The van der Waals surface area contributed by atoms with Crippen molar-refractivity contribution in [3.63, 3.8) is 0 Å². The Morgan fingerprint density at radius 1 is 0.630 bits per heavy atom. The fourth-order valence-electron chi connectivity index (χ4n) is 6.07. The number of nitro benzene ring substituents is 1. The van der Waals surface area contributed by atoms with Crippen LogP contribution >= 0.6 is 0 Å². The second kappa shape index (κ2) is 16.1. The van der Waals surface area contributed by atoms with Crippen molar-refractivity contribution in [1.82, 2.24) is 9.80 Å². The molecule has 0 amide bonds. The Morgan fingerprint density at radius 2 is 1.04 bits per heavy atom. The van der Waals surface area contributed by atoms with Crippen LogP contribution in [-0.4, -0.2) is 79.4 Å². The zero-order chi connectivity index (χ0) is 32.3. The number of nitro groups is 1. The van der Waals surface area contributed by atoms with Crippen LogP contribution in [0.4, 0.5) is 31.5 Å². The first-order chi connectivity index (χ1) is 22.4. The van der Waals surface area contributed by atoms with Gasteiger partial charge in [-0.15, -0.1) is 0 Å². The molecule has 0 radical (unpaired) electrons. The van der Waals surface area contributed by atoms with Gasteiger partial charge in [-0.05, 0) is 47.5 Å². The van der Waals surface area contributed by atoms with Gasteiger partial charge in [-0.25, -0.2) is 8.78 Å². The minimum Gasteiger partial charge on any atom is -0.399 e. The third-order valence-corrected chi connectivity index (χ3v) is 8.71. The molecule has 0 bridgehead atoms. The molecule has 2 aliphatic heterocycles. The lowest BCUT2D eigenvalue weighted by Crippen LogP contribution is -2.53. The number of piperazine rings is 2. The summed E-state index contributed by atoms with van der Waals surface area (Å²) in [7, 11) is 0. The average Bonchev–Trinajstić information content (AvgIpc) is 3.10. The van der Waals surface area contributed by atoms with Crippen molar-refractivity contribution < 1.29 is 13.7 Å². The van der Waals surface area contributed by atoms with E-state index in [1.54, 1.807) is 12.1 Å². The lowest BCUT2D eigenvalue weighted by molar-refractivity contribution is -0.384. The quantitative estimate of drug-likeness (QED) is 0.135. The highest BCUT2D eigenvalue weighted by Gasteiger charge is 2.28. The summed E-state index contributed by atoms with van der Waals surface area (Å²) < 4.78 is 27.0. The number of anilines is 3. The molecule has 2 unspecified atom stereocenters. The maximum atomic E-state index is 13.5.